The van der Waals surface area contributed by atoms with Crippen LogP contribution in [0.2, 0.25) is 0 Å². The SMILES string of the molecule is COCCOc1ccc(CNc2cc(C)c(C#N)c3nc4ccccc4n23)cc1. The number of rotatable bonds is 7. The van der Waals surface area contributed by atoms with Crippen LogP contribution in [0.3, 0.4) is 0 Å². The molecule has 1 N–H and O–H groups in total. The highest BCUT2D eigenvalue weighted by Crippen LogP contribution is 2.27. The summed E-state index contributed by atoms with van der Waals surface area (Å²) in [5.41, 5.74) is 5.16. The maximum atomic E-state index is 9.60. The molecule has 0 unspecified atom stereocenters. The Hall–Kier alpha value is -3.56. The smallest absolute Gasteiger partial charge is 0.157 e. The van der Waals surface area contributed by atoms with Crippen LogP contribution in [-0.2, 0) is 11.3 Å². The molecule has 29 heavy (non-hydrogen) atoms. The number of ether oxygens (including phenoxy) is 2. The molecule has 0 spiro atoms. The van der Waals surface area contributed by atoms with E-state index in [1.54, 1.807) is 7.11 Å². The van der Waals surface area contributed by atoms with E-state index in [0.717, 1.165) is 33.7 Å². The van der Waals surface area contributed by atoms with E-state index in [2.05, 4.69) is 16.4 Å². The second-order valence-electron chi connectivity index (χ2n) is 6.80. The molecule has 0 amide bonds. The van der Waals surface area contributed by atoms with Gasteiger partial charge in [0, 0.05) is 13.7 Å². The normalized spacial score (nSPS) is 10.9. The number of fused-ring (bicyclic) bond motifs is 3. The number of nitrogens with zero attached hydrogens (tertiary/aromatic N) is 3. The monoisotopic (exact) mass is 386 g/mol. The maximum Gasteiger partial charge on any atom is 0.157 e. The number of hydrogen-bond donors (Lipinski definition) is 1. The molecule has 6 nitrogen and oxygen atoms in total. The first kappa shape index (κ1) is 18.8. The molecule has 4 aromatic rings. The second kappa shape index (κ2) is 8.21. The molecule has 0 aliphatic heterocycles. The molecule has 2 aromatic carbocycles. The van der Waals surface area contributed by atoms with E-state index in [1.807, 2.05) is 65.9 Å². The first-order valence-corrected chi connectivity index (χ1v) is 9.46. The summed E-state index contributed by atoms with van der Waals surface area (Å²) in [5.74, 6) is 1.73. The molecule has 4 rings (SSSR count). The van der Waals surface area contributed by atoms with E-state index < -0.39 is 0 Å². The number of benzene rings is 2. The van der Waals surface area contributed by atoms with Crippen molar-refractivity contribution in [1.82, 2.24) is 9.38 Å². The number of imidazole rings is 1. The zero-order chi connectivity index (χ0) is 20.2. The summed E-state index contributed by atoms with van der Waals surface area (Å²) in [7, 11) is 1.66. The average molecular weight is 386 g/mol. The summed E-state index contributed by atoms with van der Waals surface area (Å²) >= 11 is 0. The third-order valence-electron chi connectivity index (χ3n) is 4.84. The lowest BCUT2D eigenvalue weighted by Gasteiger charge is -2.13. The van der Waals surface area contributed by atoms with Crippen LogP contribution in [0.4, 0.5) is 5.82 Å². The molecule has 0 saturated heterocycles. The number of aryl methyl sites for hydroxylation is 1. The van der Waals surface area contributed by atoms with E-state index in [9.17, 15) is 5.26 Å². The van der Waals surface area contributed by atoms with Crippen molar-refractivity contribution in [2.24, 2.45) is 0 Å². The summed E-state index contributed by atoms with van der Waals surface area (Å²) in [4.78, 5) is 4.68. The number of methoxy groups -OCH3 is 1. The molecule has 0 saturated carbocycles. The molecule has 6 heteroatoms. The molecule has 0 fully saturated rings. The average Bonchev–Trinajstić information content (AvgIpc) is 3.12. The van der Waals surface area contributed by atoms with Gasteiger partial charge in [0.2, 0.25) is 0 Å². The third-order valence-corrected chi connectivity index (χ3v) is 4.84. The molecule has 2 aromatic heterocycles. The lowest BCUT2D eigenvalue weighted by atomic mass is 10.1. The minimum Gasteiger partial charge on any atom is -0.491 e. The van der Waals surface area contributed by atoms with Gasteiger partial charge >= 0.3 is 0 Å². The zero-order valence-electron chi connectivity index (χ0n) is 16.5. The number of aromatic nitrogens is 2. The van der Waals surface area contributed by atoms with E-state index in [1.165, 1.54) is 0 Å². The van der Waals surface area contributed by atoms with Crippen molar-refractivity contribution in [2.45, 2.75) is 13.5 Å². The minimum absolute atomic E-state index is 0.532. The van der Waals surface area contributed by atoms with Crippen molar-refractivity contribution in [3.8, 4) is 11.8 Å². The minimum atomic E-state index is 0.532. The summed E-state index contributed by atoms with van der Waals surface area (Å²) in [5, 5.41) is 13.1. The van der Waals surface area contributed by atoms with Crippen LogP contribution in [0.15, 0.2) is 54.6 Å². The first-order valence-electron chi connectivity index (χ1n) is 9.46. The highest BCUT2D eigenvalue weighted by atomic mass is 16.5. The number of pyridine rings is 1. The Balaban J connectivity index is 1.62. The van der Waals surface area contributed by atoms with Gasteiger partial charge in [-0.05, 0) is 48.4 Å². The summed E-state index contributed by atoms with van der Waals surface area (Å²) in [6.45, 7) is 3.68. The van der Waals surface area contributed by atoms with E-state index >= 15 is 0 Å². The third kappa shape index (κ3) is 3.73. The number of anilines is 1. The maximum absolute atomic E-state index is 9.60. The lowest BCUT2D eigenvalue weighted by Crippen LogP contribution is -2.07. The zero-order valence-corrected chi connectivity index (χ0v) is 16.5. The molecule has 0 aliphatic rings. The standard InChI is InChI=1S/C23H22N4O2/c1-16-13-22(25-15-17-7-9-18(10-8-17)29-12-11-28-2)27-21-6-4-3-5-20(21)26-23(27)19(16)14-24/h3-10,13,25H,11-12,15H2,1-2H3. The Morgan fingerprint density at radius 3 is 2.66 bits per heavy atom. The first-order chi connectivity index (χ1) is 14.2. The van der Waals surface area contributed by atoms with Crippen LogP contribution >= 0.6 is 0 Å². The highest BCUT2D eigenvalue weighted by Gasteiger charge is 2.14. The molecular weight excluding hydrogens is 364 g/mol. The Morgan fingerprint density at radius 2 is 1.90 bits per heavy atom. The number of hydrogen-bond acceptors (Lipinski definition) is 5. The highest BCUT2D eigenvalue weighted by molar-refractivity contribution is 5.85. The van der Waals surface area contributed by atoms with E-state index in [0.29, 0.717) is 31.0 Å². The quantitative estimate of drug-likeness (QED) is 0.479. The van der Waals surface area contributed by atoms with Crippen molar-refractivity contribution in [1.29, 1.82) is 5.26 Å². The van der Waals surface area contributed by atoms with Crippen molar-refractivity contribution in [3.63, 3.8) is 0 Å². The molecule has 0 atom stereocenters. The van der Waals surface area contributed by atoms with Gasteiger partial charge in [-0.1, -0.05) is 24.3 Å². The van der Waals surface area contributed by atoms with Gasteiger partial charge in [-0.15, -0.1) is 0 Å². The van der Waals surface area contributed by atoms with E-state index in [-0.39, 0.29) is 0 Å². The second-order valence-corrected chi connectivity index (χ2v) is 6.80. The van der Waals surface area contributed by atoms with Gasteiger partial charge in [0.15, 0.2) is 5.65 Å². The van der Waals surface area contributed by atoms with Gasteiger partial charge in [-0.2, -0.15) is 5.26 Å². The van der Waals surface area contributed by atoms with Crippen LogP contribution in [0.1, 0.15) is 16.7 Å². The van der Waals surface area contributed by atoms with Crippen molar-refractivity contribution >= 4 is 22.5 Å². The topological polar surface area (TPSA) is 71.6 Å². The van der Waals surface area contributed by atoms with Gasteiger partial charge in [0.25, 0.3) is 0 Å². The summed E-state index contributed by atoms with van der Waals surface area (Å²) in [6.07, 6.45) is 0. The van der Waals surface area contributed by atoms with E-state index in [4.69, 9.17) is 9.47 Å². The van der Waals surface area contributed by atoms with Gasteiger partial charge in [-0.25, -0.2) is 4.98 Å². The largest absolute Gasteiger partial charge is 0.491 e. The van der Waals surface area contributed by atoms with Crippen molar-refractivity contribution < 1.29 is 9.47 Å². The van der Waals surface area contributed by atoms with Gasteiger partial charge in [0.1, 0.15) is 24.2 Å². The van der Waals surface area contributed by atoms with Crippen LogP contribution in [0, 0.1) is 18.3 Å². The van der Waals surface area contributed by atoms with Crippen LogP contribution in [-0.4, -0.2) is 29.7 Å². The molecular formula is C23H22N4O2. The van der Waals surface area contributed by atoms with Gasteiger partial charge in [-0.3, -0.25) is 4.40 Å². The molecule has 2 heterocycles. The molecule has 0 bridgehead atoms. The van der Waals surface area contributed by atoms with Crippen LogP contribution in [0.25, 0.3) is 16.7 Å². The number of nitriles is 1. The number of nitrogens with one attached hydrogen (secondary N) is 1. The molecule has 0 radical (unpaired) electrons. The Labute approximate surface area is 169 Å². The molecule has 0 aliphatic carbocycles. The molecule has 146 valence electrons. The Bertz CT molecular complexity index is 1190. The lowest BCUT2D eigenvalue weighted by molar-refractivity contribution is 0.146. The Kier molecular flexibility index (Phi) is 5.32. The predicted octanol–water partition coefficient (Wildman–Crippen LogP) is 4.30. The van der Waals surface area contributed by atoms with Crippen LogP contribution < -0.4 is 10.1 Å². The number of para-hydroxylation sites is 2. The van der Waals surface area contributed by atoms with Gasteiger partial charge in [0.05, 0.1) is 23.2 Å². The van der Waals surface area contributed by atoms with Crippen molar-refractivity contribution in [2.75, 3.05) is 25.6 Å². The van der Waals surface area contributed by atoms with Crippen LogP contribution in [0.5, 0.6) is 5.75 Å². The summed E-state index contributed by atoms with van der Waals surface area (Å²) in [6, 6.07) is 20.2. The predicted molar refractivity (Wildman–Crippen MR) is 113 cm³/mol. The van der Waals surface area contributed by atoms with Gasteiger partial charge < -0.3 is 14.8 Å². The Morgan fingerprint density at radius 1 is 1.10 bits per heavy atom. The van der Waals surface area contributed by atoms with Crippen molar-refractivity contribution in [3.05, 3.63) is 71.3 Å². The fourth-order valence-electron chi connectivity index (χ4n) is 3.36. The fourth-order valence-corrected chi connectivity index (χ4v) is 3.36. The summed E-state index contributed by atoms with van der Waals surface area (Å²) < 4.78 is 12.6. The fraction of sp³-hybridized carbons (Fsp3) is 0.217.